The van der Waals surface area contributed by atoms with Gasteiger partial charge in [0.25, 0.3) is 0 Å². The van der Waals surface area contributed by atoms with Crippen LogP contribution in [0.25, 0.3) is 0 Å². The summed E-state index contributed by atoms with van der Waals surface area (Å²) < 4.78 is 32.0. The maximum Gasteiger partial charge on any atom is 0.400 e. The first-order chi connectivity index (χ1) is 17.6. The Bertz CT molecular complexity index is 573. The summed E-state index contributed by atoms with van der Waals surface area (Å²) in [6.07, 6.45) is 23.1. The number of carbonyl (C=O) groups excluding carboxylic acids is 1. The van der Waals surface area contributed by atoms with Crippen molar-refractivity contribution < 1.29 is 21.6 Å². The Morgan fingerprint density at radius 1 is 0.730 bits per heavy atom. The van der Waals surface area contributed by atoms with E-state index in [0.717, 1.165) is 12.8 Å². The van der Waals surface area contributed by atoms with Crippen molar-refractivity contribution in [2.24, 2.45) is 5.73 Å². The minimum absolute atomic E-state index is 0.105. The lowest BCUT2D eigenvalue weighted by molar-refractivity contribution is -0.118. The summed E-state index contributed by atoms with van der Waals surface area (Å²) in [5.41, 5.74) is 4.47. The van der Waals surface area contributed by atoms with Gasteiger partial charge in [-0.1, -0.05) is 117 Å². The molecule has 1 unspecified atom stereocenters. The molecule has 0 saturated heterocycles. The lowest BCUT2D eigenvalue weighted by Crippen LogP contribution is -2.31. The minimum Gasteiger partial charge on any atom is -0.370 e. The first-order valence-electron chi connectivity index (χ1n) is 15.0. The number of nitrogens with one attached hydrogen (secondary N) is 1. The van der Waals surface area contributed by atoms with Crippen molar-refractivity contribution >= 4 is 16.3 Å². The molecular weight excluding hydrogens is 488 g/mol. The predicted molar refractivity (Wildman–Crippen MR) is 159 cm³/mol. The van der Waals surface area contributed by atoms with Gasteiger partial charge in [-0.05, 0) is 47.2 Å². The first-order valence-corrected chi connectivity index (χ1v) is 16.4. The molecule has 0 aliphatic carbocycles. The molecule has 1 amide bonds. The van der Waals surface area contributed by atoms with Crippen molar-refractivity contribution in [2.75, 3.05) is 20.7 Å². The van der Waals surface area contributed by atoms with Crippen LogP contribution in [0.2, 0.25) is 0 Å². The van der Waals surface area contributed by atoms with Crippen LogP contribution in [0, 0.1) is 0 Å². The molecule has 0 aliphatic heterocycles. The first kappa shape index (κ1) is 40.8. The maximum absolute atomic E-state index is 11.2. The third-order valence-corrected chi connectivity index (χ3v) is 7.25. The van der Waals surface area contributed by atoms with Crippen LogP contribution in [0.5, 0.6) is 0 Å². The molecule has 0 radical (unpaired) electrons. The highest BCUT2D eigenvalue weighted by molar-refractivity contribution is 7.81. The fraction of sp³-hybridized carbons (Fsp3) is 0.966. The Kier molecular flexibility index (Phi) is 32.9. The zero-order valence-electron chi connectivity index (χ0n) is 25.7. The van der Waals surface area contributed by atoms with E-state index < -0.39 is 16.0 Å². The molecule has 8 heteroatoms. The summed E-state index contributed by atoms with van der Waals surface area (Å²) >= 11 is 0. The summed E-state index contributed by atoms with van der Waals surface area (Å²) in [7, 11) is -0.0736. The minimum atomic E-state index is -3.82. The highest BCUT2D eigenvalue weighted by atomic mass is 32.3. The molecule has 1 atom stereocenters. The van der Waals surface area contributed by atoms with Crippen LogP contribution in [-0.2, 0) is 23.6 Å². The Hall–Kier alpha value is -0.700. The van der Waals surface area contributed by atoms with E-state index in [9.17, 15) is 13.2 Å². The molecule has 37 heavy (non-hydrogen) atoms. The number of hydrogen-bond acceptors (Lipinski definition) is 6. The summed E-state index contributed by atoms with van der Waals surface area (Å²) in [5, 5.41) is 2.75. The topological polar surface area (TPSA) is 108 Å². The number of nitrogens with two attached hydrogens (primary N) is 1. The van der Waals surface area contributed by atoms with Crippen molar-refractivity contribution in [2.45, 2.75) is 162 Å². The summed E-state index contributed by atoms with van der Waals surface area (Å²) in [4.78, 5) is 10.6. The SMILES string of the molecule is CCCC(C)(CC)OS(=O)(=O)OCC.CCCCCCCCCCCCCCCCCC(N)=O.CNC. The number of rotatable bonds is 23. The monoisotopic (exact) mass is 552 g/mol. The Morgan fingerprint density at radius 2 is 1.11 bits per heavy atom. The molecular formula is C29H64N2O5S. The van der Waals surface area contributed by atoms with E-state index in [1.54, 1.807) is 13.8 Å². The zero-order chi connectivity index (χ0) is 28.8. The maximum atomic E-state index is 11.2. The van der Waals surface area contributed by atoms with Crippen LogP contribution in [0.3, 0.4) is 0 Å². The lowest BCUT2D eigenvalue weighted by Gasteiger charge is -2.26. The molecule has 0 fully saturated rings. The predicted octanol–water partition coefficient (Wildman–Crippen LogP) is 7.82. The molecule has 0 aromatic rings. The van der Waals surface area contributed by atoms with Crippen LogP contribution in [0.4, 0.5) is 0 Å². The fourth-order valence-corrected chi connectivity index (χ4v) is 4.92. The van der Waals surface area contributed by atoms with E-state index >= 15 is 0 Å². The van der Waals surface area contributed by atoms with Crippen molar-refractivity contribution in [3.8, 4) is 0 Å². The van der Waals surface area contributed by atoms with E-state index in [-0.39, 0.29) is 12.5 Å². The van der Waals surface area contributed by atoms with E-state index in [0.29, 0.717) is 19.3 Å². The third kappa shape index (κ3) is 35.3. The van der Waals surface area contributed by atoms with Gasteiger partial charge in [0, 0.05) is 6.42 Å². The standard InChI is InChI=1S/C18H37NO.C9H20O4S.C2H7N/c1-2-3-4-5-6-7-8-9-10-11-12-13-14-15-16-17-18(19)20;1-5-8-9(4,6-2)13-14(10,11)12-7-3;1-3-2/h2-17H2,1H3,(H2,19,20);5-8H2,1-4H3;3H,1-2H3. The van der Waals surface area contributed by atoms with Gasteiger partial charge in [0.2, 0.25) is 5.91 Å². The fourth-order valence-electron chi connectivity index (χ4n) is 3.89. The van der Waals surface area contributed by atoms with Gasteiger partial charge in [0.05, 0.1) is 12.2 Å². The van der Waals surface area contributed by atoms with E-state index in [1.165, 1.54) is 89.9 Å². The number of hydrogen-bond donors (Lipinski definition) is 2. The summed E-state index contributed by atoms with van der Waals surface area (Å²) in [5.74, 6) is -0.153. The Balaban J connectivity index is -0.000000592. The van der Waals surface area contributed by atoms with Crippen molar-refractivity contribution in [3.63, 3.8) is 0 Å². The molecule has 3 N–H and O–H groups in total. The van der Waals surface area contributed by atoms with Crippen LogP contribution < -0.4 is 11.1 Å². The second kappa shape index (κ2) is 29.9. The van der Waals surface area contributed by atoms with Gasteiger partial charge >= 0.3 is 10.4 Å². The highest BCUT2D eigenvalue weighted by Crippen LogP contribution is 2.24. The molecule has 0 bridgehead atoms. The lowest BCUT2D eigenvalue weighted by atomic mass is 9.98. The second-order valence-corrected chi connectivity index (χ2v) is 11.3. The van der Waals surface area contributed by atoms with Crippen molar-refractivity contribution in [1.29, 1.82) is 0 Å². The van der Waals surface area contributed by atoms with E-state index in [4.69, 9.17) is 9.92 Å². The van der Waals surface area contributed by atoms with Crippen LogP contribution in [-0.4, -0.2) is 40.6 Å². The number of primary amides is 1. The van der Waals surface area contributed by atoms with Gasteiger partial charge in [-0.2, -0.15) is 8.42 Å². The van der Waals surface area contributed by atoms with E-state index in [1.807, 2.05) is 27.9 Å². The average Bonchev–Trinajstić information content (AvgIpc) is 2.82. The molecule has 0 spiro atoms. The molecule has 0 saturated carbocycles. The van der Waals surface area contributed by atoms with Gasteiger partial charge in [0.15, 0.2) is 0 Å². The molecule has 226 valence electrons. The molecule has 7 nitrogen and oxygen atoms in total. The molecule has 0 aliphatic rings. The largest absolute Gasteiger partial charge is 0.400 e. The van der Waals surface area contributed by atoms with Gasteiger partial charge in [-0.25, -0.2) is 8.37 Å². The van der Waals surface area contributed by atoms with Crippen molar-refractivity contribution in [1.82, 2.24) is 5.32 Å². The summed E-state index contributed by atoms with van der Waals surface area (Å²) in [6, 6.07) is 0. The Morgan fingerprint density at radius 3 is 1.41 bits per heavy atom. The molecule has 0 heterocycles. The second-order valence-electron chi connectivity index (χ2n) is 10.1. The van der Waals surface area contributed by atoms with Crippen LogP contribution in [0.15, 0.2) is 0 Å². The number of amides is 1. The normalized spacial score (nSPS) is 12.6. The van der Waals surface area contributed by atoms with Crippen molar-refractivity contribution in [3.05, 3.63) is 0 Å². The summed E-state index contributed by atoms with van der Waals surface area (Å²) in [6.45, 7) is 9.67. The smallest absolute Gasteiger partial charge is 0.370 e. The quantitative estimate of drug-likeness (QED) is 0.125. The highest BCUT2D eigenvalue weighted by Gasteiger charge is 2.29. The van der Waals surface area contributed by atoms with Gasteiger partial charge in [-0.3, -0.25) is 4.79 Å². The van der Waals surface area contributed by atoms with Crippen LogP contribution >= 0.6 is 0 Å². The average molecular weight is 553 g/mol. The van der Waals surface area contributed by atoms with E-state index in [2.05, 4.69) is 16.4 Å². The Labute approximate surface area is 231 Å². The number of carbonyl (C=O) groups is 1. The van der Waals surface area contributed by atoms with Gasteiger partial charge in [-0.15, -0.1) is 0 Å². The molecule has 0 aromatic carbocycles. The molecule has 0 rings (SSSR count). The van der Waals surface area contributed by atoms with Crippen LogP contribution in [0.1, 0.15) is 157 Å². The number of unbranched alkanes of at least 4 members (excludes halogenated alkanes) is 14. The van der Waals surface area contributed by atoms with Gasteiger partial charge in [0.1, 0.15) is 0 Å². The third-order valence-electron chi connectivity index (χ3n) is 6.12. The zero-order valence-corrected chi connectivity index (χ0v) is 26.5. The molecule has 0 aromatic heterocycles. The van der Waals surface area contributed by atoms with Gasteiger partial charge < -0.3 is 11.1 Å².